The summed E-state index contributed by atoms with van der Waals surface area (Å²) in [5, 5.41) is 0.513. The lowest BCUT2D eigenvalue weighted by Crippen LogP contribution is -2.23. The van der Waals surface area contributed by atoms with Gasteiger partial charge in [-0.3, -0.25) is 0 Å². The Morgan fingerprint density at radius 1 is 1.35 bits per heavy atom. The second-order valence-corrected chi connectivity index (χ2v) is 3.89. The number of hydrogen-bond donors (Lipinski definition) is 1. The zero-order valence-corrected chi connectivity index (χ0v) is 13.4. The van der Waals surface area contributed by atoms with Crippen molar-refractivity contribution >= 4 is 52.5 Å². The molecule has 0 saturated heterocycles. The van der Waals surface area contributed by atoms with Gasteiger partial charge in [0.25, 0.3) is 0 Å². The molecule has 0 amide bonds. The summed E-state index contributed by atoms with van der Waals surface area (Å²) in [5.41, 5.74) is 6.29. The van der Waals surface area contributed by atoms with E-state index in [2.05, 4.69) is 33.7 Å². The van der Waals surface area contributed by atoms with Gasteiger partial charge in [0.2, 0.25) is 5.95 Å². The minimum absolute atomic E-state index is 0. The van der Waals surface area contributed by atoms with E-state index in [1.54, 1.807) is 12.4 Å². The molecule has 2 N–H and O–H groups in total. The predicted octanol–water partition coefficient (Wildman–Crippen LogP) is 2.25. The lowest BCUT2D eigenvalue weighted by atomic mass is 10.5. The van der Waals surface area contributed by atoms with E-state index < -0.39 is 0 Å². The van der Waals surface area contributed by atoms with Gasteiger partial charge in [-0.05, 0) is 20.1 Å². The molecule has 0 saturated carbocycles. The first-order valence-corrected chi connectivity index (χ1v) is 6.38. The van der Waals surface area contributed by atoms with Crippen LogP contribution in [0.15, 0.2) is 17.4 Å². The molecule has 1 heterocycles. The van der Waals surface area contributed by atoms with E-state index in [1.807, 2.05) is 6.26 Å². The molecule has 96 valence electrons. The SMILES string of the molecule is CCN(CC)c1ncc(N=C(N)SC)cn1.I. The molecule has 1 aromatic heterocycles. The molecule has 0 bridgehead atoms. The predicted molar refractivity (Wildman–Crippen MR) is 85.8 cm³/mol. The Morgan fingerprint density at radius 2 is 1.88 bits per heavy atom. The van der Waals surface area contributed by atoms with Gasteiger partial charge in [-0.15, -0.1) is 24.0 Å². The van der Waals surface area contributed by atoms with Crippen molar-refractivity contribution in [2.45, 2.75) is 13.8 Å². The number of amidine groups is 1. The molecular formula is C10H18IN5S. The second-order valence-electron chi connectivity index (χ2n) is 3.07. The van der Waals surface area contributed by atoms with Crippen LogP contribution in [0.25, 0.3) is 0 Å². The van der Waals surface area contributed by atoms with Crippen LogP contribution >= 0.6 is 35.7 Å². The van der Waals surface area contributed by atoms with Crippen LogP contribution in [-0.4, -0.2) is 34.5 Å². The third kappa shape index (κ3) is 5.07. The van der Waals surface area contributed by atoms with E-state index in [1.165, 1.54) is 11.8 Å². The Hall–Kier alpha value is -0.570. The Kier molecular flexibility index (Phi) is 8.23. The highest BCUT2D eigenvalue weighted by Crippen LogP contribution is 2.13. The first-order chi connectivity index (χ1) is 7.71. The topological polar surface area (TPSA) is 67.4 Å². The number of rotatable bonds is 4. The summed E-state index contributed by atoms with van der Waals surface area (Å²) in [7, 11) is 0. The average Bonchev–Trinajstić information content (AvgIpc) is 2.32. The van der Waals surface area contributed by atoms with Gasteiger partial charge in [-0.2, -0.15) is 0 Å². The zero-order chi connectivity index (χ0) is 12.0. The highest BCUT2D eigenvalue weighted by atomic mass is 127. The number of halogens is 1. The Labute approximate surface area is 123 Å². The van der Waals surface area contributed by atoms with Crippen molar-refractivity contribution in [3.8, 4) is 0 Å². The van der Waals surface area contributed by atoms with Crippen molar-refractivity contribution in [1.29, 1.82) is 0 Å². The third-order valence-electron chi connectivity index (χ3n) is 2.12. The van der Waals surface area contributed by atoms with Crippen molar-refractivity contribution in [3.63, 3.8) is 0 Å². The van der Waals surface area contributed by atoms with E-state index in [9.17, 15) is 0 Å². The average molecular weight is 367 g/mol. The van der Waals surface area contributed by atoms with E-state index >= 15 is 0 Å². The molecule has 17 heavy (non-hydrogen) atoms. The molecule has 0 aliphatic rings. The first kappa shape index (κ1) is 16.4. The minimum Gasteiger partial charge on any atom is -0.378 e. The van der Waals surface area contributed by atoms with Crippen LogP contribution in [-0.2, 0) is 0 Å². The van der Waals surface area contributed by atoms with Crippen LogP contribution in [0.1, 0.15) is 13.8 Å². The molecule has 0 radical (unpaired) electrons. The highest BCUT2D eigenvalue weighted by Gasteiger charge is 2.04. The van der Waals surface area contributed by atoms with E-state index in [4.69, 9.17) is 5.73 Å². The van der Waals surface area contributed by atoms with Gasteiger partial charge in [0.1, 0.15) is 5.69 Å². The van der Waals surface area contributed by atoms with Crippen molar-refractivity contribution in [1.82, 2.24) is 9.97 Å². The summed E-state index contributed by atoms with van der Waals surface area (Å²) < 4.78 is 0. The first-order valence-electron chi connectivity index (χ1n) is 5.16. The zero-order valence-electron chi connectivity index (χ0n) is 10.3. The standard InChI is InChI=1S/C10H17N5S.HI/c1-4-15(5-2)10-12-6-8(7-13-10)14-9(11)16-3;/h6-7H,4-5H2,1-3H3,(H2,11,14);1H. The monoisotopic (exact) mass is 367 g/mol. The molecule has 1 aromatic rings. The highest BCUT2D eigenvalue weighted by molar-refractivity contribution is 14.0. The number of nitrogens with zero attached hydrogens (tertiary/aromatic N) is 4. The van der Waals surface area contributed by atoms with Gasteiger partial charge in [0.05, 0.1) is 12.4 Å². The van der Waals surface area contributed by atoms with E-state index in [0.717, 1.165) is 19.0 Å². The molecule has 0 aromatic carbocycles. The van der Waals surface area contributed by atoms with Crippen LogP contribution in [0.4, 0.5) is 11.6 Å². The van der Waals surface area contributed by atoms with Crippen LogP contribution in [0, 0.1) is 0 Å². The quantitative estimate of drug-likeness (QED) is 0.502. The van der Waals surface area contributed by atoms with Gasteiger partial charge >= 0.3 is 0 Å². The molecule has 0 aliphatic carbocycles. The minimum atomic E-state index is 0. The lowest BCUT2D eigenvalue weighted by molar-refractivity contribution is 0.821. The molecule has 0 fully saturated rings. The second kappa shape index (κ2) is 8.51. The maximum Gasteiger partial charge on any atom is 0.225 e. The maximum atomic E-state index is 5.60. The third-order valence-corrected chi connectivity index (χ3v) is 2.63. The molecule has 5 nitrogen and oxygen atoms in total. The van der Waals surface area contributed by atoms with Crippen LogP contribution < -0.4 is 10.6 Å². The molecule has 0 unspecified atom stereocenters. The van der Waals surface area contributed by atoms with Crippen molar-refractivity contribution in [2.75, 3.05) is 24.2 Å². The Morgan fingerprint density at radius 3 is 2.29 bits per heavy atom. The fourth-order valence-corrected chi connectivity index (χ4v) is 1.41. The summed E-state index contributed by atoms with van der Waals surface area (Å²) in [4.78, 5) is 14.7. The largest absolute Gasteiger partial charge is 0.378 e. The van der Waals surface area contributed by atoms with Gasteiger partial charge in [0, 0.05) is 13.1 Å². The fourth-order valence-electron chi connectivity index (χ4n) is 1.21. The van der Waals surface area contributed by atoms with Crippen molar-refractivity contribution in [3.05, 3.63) is 12.4 Å². The molecule has 0 aliphatic heterocycles. The van der Waals surface area contributed by atoms with Gasteiger partial charge in [0.15, 0.2) is 5.17 Å². The number of anilines is 1. The maximum absolute atomic E-state index is 5.60. The van der Waals surface area contributed by atoms with Crippen molar-refractivity contribution in [2.24, 2.45) is 10.7 Å². The van der Waals surface area contributed by atoms with Gasteiger partial charge < -0.3 is 10.6 Å². The van der Waals surface area contributed by atoms with Crippen LogP contribution in [0.2, 0.25) is 0 Å². The summed E-state index contributed by atoms with van der Waals surface area (Å²) in [5.74, 6) is 0.728. The smallest absolute Gasteiger partial charge is 0.225 e. The number of aromatic nitrogens is 2. The Bertz CT molecular complexity index is 350. The summed E-state index contributed by atoms with van der Waals surface area (Å²) in [6.45, 7) is 5.94. The molecule has 0 spiro atoms. The molecule has 7 heteroatoms. The normalized spacial score (nSPS) is 10.9. The summed E-state index contributed by atoms with van der Waals surface area (Å²) >= 11 is 1.40. The summed E-state index contributed by atoms with van der Waals surface area (Å²) in [6, 6.07) is 0. The number of thioether (sulfide) groups is 1. The number of nitrogens with two attached hydrogens (primary N) is 1. The summed E-state index contributed by atoms with van der Waals surface area (Å²) in [6.07, 6.45) is 5.25. The van der Waals surface area contributed by atoms with Crippen LogP contribution in [0.5, 0.6) is 0 Å². The van der Waals surface area contributed by atoms with E-state index in [0.29, 0.717) is 10.9 Å². The van der Waals surface area contributed by atoms with Crippen LogP contribution in [0.3, 0.4) is 0 Å². The Balaban J connectivity index is 0.00000256. The molecular weight excluding hydrogens is 349 g/mol. The molecule has 1 rings (SSSR count). The number of hydrogen-bond acceptors (Lipinski definition) is 5. The lowest BCUT2D eigenvalue weighted by Gasteiger charge is -2.17. The van der Waals surface area contributed by atoms with E-state index in [-0.39, 0.29) is 24.0 Å². The number of aliphatic imine (C=N–C) groups is 1. The van der Waals surface area contributed by atoms with Gasteiger partial charge in [-0.1, -0.05) is 11.8 Å². The fraction of sp³-hybridized carbons (Fsp3) is 0.500. The van der Waals surface area contributed by atoms with Gasteiger partial charge in [-0.25, -0.2) is 15.0 Å². The van der Waals surface area contributed by atoms with Crippen molar-refractivity contribution < 1.29 is 0 Å². The molecule has 0 atom stereocenters.